The normalized spacial score (nSPS) is 10.9. The van der Waals surface area contributed by atoms with Gasteiger partial charge in [-0.05, 0) is 44.2 Å². The van der Waals surface area contributed by atoms with Crippen LogP contribution in [0.1, 0.15) is 35.8 Å². The van der Waals surface area contributed by atoms with E-state index in [9.17, 15) is 9.59 Å². The number of methoxy groups -OCH3 is 2. The summed E-state index contributed by atoms with van der Waals surface area (Å²) < 4.78 is 12.5. The van der Waals surface area contributed by atoms with Crippen LogP contribution in [0, 0.1) is 0 Å². The van der Waals surface area contributed by atoms with Gasteiger partial charge in [0.2, 0.25) is 0 Å². The minimum absolute atomic E-state index is 0.0557. The van der Waals surface area contributed by atoms with E-state index in [2.05, 4.69) is 20.6 Å². The molecule has 2 amide bonds. The number of hydrogen-bond acceptors (Lipinski definition) is 7. The van der Waals surface area contributed by atoms with E-state index in [1.165, 1.54) is 20.5 Å². The fourth-order valence-electron chi connectivity index (χ4n) is 3.80. The molecule has 10 nitrogen and oxygen atoms in total. The Kier molecular flexibility index (Phi) is 6.54. The monoisotopic (exact) mass is 474 g/mol. The Morgan fingerprint density at radius 3 is 2.37 bits per heavy atom. The number of nitrogens with one attached hydrogen (secondary N) is 2. The number of benzene rings is 2. The number of aromatic nitrogens is 3. The quantitative estimate of drug-likeness (QED) is 0.336. The highest BCUT2D eigenvalue weighted by Gasteiger charge is 2.22. The third kappa shape index (κ3) is 4.58. The standard InChI is InChI=1S/C25H26N6O4/c1-14(2)31-12-16(21-23(26)27-13-28-24(21)31)22(32)15-9-10-20(35-4)18(11-15)30-25(33)29-17-7-5-6-8-19(17)34-3/h5-14H,1-4H3,(H2,26,27,28)(H2,29,30,33). The van der Waals surface area contributed by atoms with Gasteiger partial charge in [-0.1, -0.05) is 12.1 Å². The molecule has 0 radical (unpaired) electrons. The molecule has 2 aromatic carbocycles. The van der Waals surface area contributed by atoms with E-state index in [0.29, 0.717) is 45.0 Å². The number of urea groups is 1. The lowest BCUT2D eigenvalue weighted by atomic mass is 10.0. The second-order valence-corrected chi connectivity index (χ2v) is 8.02. The third-order valence-electron chi connectivity index (χ3n) is 5.50. The lowest BCUT2D eigenvalue weighted by Gasteiger charge is -2.14. The summed E-state index contributed by atoms with van der Waals surface area (Å²) in [6, 6.07) is 11.4. The summed E-state index contributed by atoms with van der Waals surface area (Å²) in [6.07, 6.45) is 3.11. The summed E-state index contributed by atoms with van der Waals surface area (Å²) >= 11 is 0. The SMILES string of the molecule is COc1ccccc1NC(=O)Nc1cc(C(=O)c2cn(C(C)C)c3ncnc(N)c23)ccc1OC. The molecule has 4 N–H and O–H groups in total. The van der Waals surface area contributed by atoms with E-state index in [0.717, 1.165) is 0 Å². The lowest BCUT2D eigenvalue weighted by molar-refractivity contribution is 0.104. The van der Waals surface area contributed by atoms with Gasteiger partial charge in [-0.25, -0.2) is 14.8 Å². The van der Waals surface area contributed by atoms with E-state index in [1.54, 1.807) is 48.7 Å². The van der Waals surface area contributed by atoms with Crippen LogP contribution in [-0.2, 0) is 0 Å². The van der Waals surface area contributed by atoms with Gasteiger partial charge in [0.25, 0.3) is 0 Å². The van der Waals surface area contributed by atoms with Gasteiger partial charge in [-0.15, -0.1) is 0 Å². The molecule has 10 heteroatoms. The van der Waals surface area contributed by atoms with Crippen LogP contribution in [0.3, 0.4) is 0 Å². The molecule has 4 rings (SSSR count). The predicted octanol–water partition coefficient (Wildman–Crippen LogP) is 4.49. The molecule has 0 saturated heterocycles. The van der Waals surface area contributed by atoms with Gasteiger partial charge >= 0.3 is 6.03 Å². The maximum absolute atomic E-state index is 13.6. The van der Waals surface area contributed by atoms with E-state index in [1.807, 2.05) is 18.4 Å². The zero-order valence-corrected chi connectivity index (χ0v) is 19.8. The number of carbonyl (C=O) groups is 2. The van der Waals surface area contributed by atoms with Gasteiger partial charge < -0.3 is 30.4 Å². The van der Waals surface area contributed by atoms with Gasteiger partial charge in [-0.3, -0.25) is 4.79 Å². The number of nitrogen functional groups attached to an aromatic ring is 1. The molecule has 0 aliphatic rings. The minimum Gasteiger partial charge on any atom is -0.495 e. The van der Waals surface area contributed by atoms with Crippen molar-refractivity contribution >= 4 is 40.0 Å². The number of ketones is 1. The van der Waals surface area contributed by atoms with Gasteiger partial charge in [0.1, 0.15) is 29.3 Å². The third-order valence-corrected chi connectivity index (χ3v) is 5.50. The number of fused-ring (bicyclic) bond motifs is 1. The first kappa shape index (κ1) is 23.6. The first-order chi connectivity index (χ1) is 16.8. The largest absolute Gasteiger partial charge is 0.495 e. The van der Waals surface area contributed by atoms with E-state index in [-0.39, 0.29) is 17.6 Å². The molecule has 2 aromatic heterocycles. The fourth-order valence-corrected chi connectivity index (χ4v) is 3.80. The topological polar surface area (TPSA) is 133 Å². The number of nitrogens with zero attached hydrogens (tertiary/aromatic N) is 3. The maximum Gasteiger partial charge on any atom is 0.323 e. The van der Waals surface area contributed by atoms with Crippen LogP contribution < -0.4 is 25.8 Å². The average molecular weight is 475 g/mol. The van der Waals surface area contributed by atoms with Crippen molar-refractivity contribution in [2.24, 2.45) is 0 Å². The summed E-state index contributed by atoms with van der Waals surface area (Å²) in [6.45, 7) is 3.98. The molecule has 0 saturated carbocycles. The number of carbonyl (C=O) groups excluding carboxylic acids is 2. The van der Waals surface area contributed by atoms with Crippen LogP contribution in [0.25, 0.3) is 11.0 Å². The Morgan fingerprint density at radius 2 is 1.66 bits per heavy atom. The number of nitrogens with two attached hydrogens (primary N) is 1. The van der Waals surface area contributed by atoms with Crippen LogP contribution in [0.15, 0.2) is 55.0 Å². The summed E-state index contributed by atoms with van der Waals surface area (Å²) in [5.74, 6) is 0.844. The maximum atomic E-state index is 13.6. The molecular formula is C25H26N6O4. The molecule has 4 aromatic rings. The predicted molar refractivity (Wildman–Crippen MR) is 134 cm³/mol. The minimum atomic E-state index is -0.522. The molecule has 180 valence electrons. The van der Waals surface area contributed by atoms with E-state index in [4.69, 9.17) is 15.2 Å². The Labute approximate surface area is 202 Å². The van der Waals surface area contributed by atoms with E-state index >= 15 is 0 Å². The van der Waals surface area contributed by atoms with Gasteiger partial charge in [0.15, 0.2) is 5.78 Å². The number of anilines is 3. The molecule has 0 spiro atoms. The Morgan fingerprint density at radius 1 is 0.971 bits per heavy atom. The number of amides is 2. The highest BCUT2D eigenvalue weighted by Crippen LogP contribution is 2.31. The molecule has 0 aliphatic carbocycles. The first-order valence-electron chi connectivity index (χ1n) is 10.9. The Balaban J connectivity index is 1.68. The van der Waals surface area contributed by atoms with Crippen molar-refractivity contribution in [3.63, 3.8) is 0 Å². The second-order valence-electron chi connectivity index (χ2n) is 8.02. The summed E-state index contributed by atoms with van der Waals surface area (Å²) in [4.78, 5) is 34.6. The molecule has 2 heterocycles. The molecule has 35 heavy (non-hydrogen) atoms. The Hall–Kier alpha value is -4.60. The fraction of sp³-hybridized carbons (Fsp3) is 0.200. The summed E-state index contributed by atoms with van der Waals surface area (Å²) in [7, 11) is 3.00. The summed E-state index contributed by atoms with van der Waals surface area (Å²) in [5, 5.41) is 5.97. The zero-order valence-electron chi connectivity index (χ0n) is 19.8. The van der Waals surface area contributed by atoms with Crippen molar-refractivity contribution in [1.29, 1.82) is 0 Å². The first-order valence-corrected chi connectivity index (χ1v) is 10.9. The van der Waals surface area contributed by atoms with E-state index < -0.39 is 6.03 Å². The molecule has 0 unspecified atom stereocenters. The van der Waals surface area contributed by atoms with Crippen molar-refractivity contribution in [2.45, 2.75) is 19.9 Å². The van der Waals surface area contributed by atoms with Crippen molar-refractivity contribution in [3.8, 4) is 11.5 Å². The number of ether oxygens (including phenoxy) is 2. The van der Waals surface area contributed by atoms with Crippen molar-refractivity contribution in [1.82, 2.24) is 14.5 Å². The molecule has 0 fully saturated rings. The number of rotatable bonds is 7. The van der Waals surface area contributed by atoms with Gasteiger partial charge in [0, 0.05) is 17.8 Å². The van der Waals surface area contributed by atoms with Crippen LogP contribution >= 0.6 is 0 Å². The van der Waals surface area contributed by atoms with Crippen LogP contribution in [-0.4, -0.2) is 40.6 Å². The highest BCUT2D eigenvalue weighted by molar-refractivity contribution is 6.18. The molecular weight excluding hydrogens is 448 g/mol. The van der Waals surface area contributed by atoms with Crippen molar-refractivity contribution in [2.75, 3.05) is 30.6 Å². The van der Waals surface area contributed by atoms with Gasteiger partial charge in [0.05, 0.1) is 36.5 Å². The number of para-hydroxylation sites is 2. The van der Waals surface area contributed by atoms with Crippen molar-refractivity contribution in [3.05, 3.63) is 66.1 Å². The highest BCUT2D eigenvalue weighted by atomic mass is 16.5. The van der Waals surface area contributed by atoms with Crippen molar-refractivity contribution < 1.29 is 19.1 Å². The smallest absolute Gasteiger partial charge is 0.323 e. The molecule has 0 aliphatic heterocycles. The zero-order chi connectivity index (χ0) is 25.1. The van der Waals surface area contributed by atoms with Crippen LogP contribution in [0.4, 0.5) is 22.0 Å². The Bertz CT molecular complexity index is 1410. The van der Waals surface area contributed by atoms with Crippen LogP contribution in [0.5, 0.6) is 11.5 Å². The van der Waals surface area contributed by atoms with Crippen LogP contribution in [0.2, 0.25) is 0 Å². The molecule has 0 bridgehead atoms. The second kappa shape index (κ2) is 9.72. The average Bonchev–Trinajstić information content (AvgIpc) is 3.25. The summed E-state index contributed by atoms with van der Waals surface area (Å²) in [5.41, 5.74) is 8.23. The molecule has 0 atom stereocenters. The lowest BCUT2D eigenvalue weighted by Crippen LogP contribution is -2.20. The number of hydrogen-bond donors (Lipinski definition) is 3. The van der Waals surface area contributed by atoms with Gasteiger partial charge in [-0.2, -0.15) is 0 Å².